The van der Waals surface area contributed by atoms with Gasteiger partial charge in [-0.1, -0.05) is 44.0 Å². The smallest absolute Gasteiger partial charge is 0.300 e. The lowest BCUT2D eigenvalue weighted by Crippen LogP contribution is -2.29. The lowest BCUT2D eigenvalue weighted by Gasteiger charge is -2.26. The fourth-order valence-corrected chi connectivity index (χ4v) is 4.41. The summed E-state index contributed by atoms with van der Waals surface area (Å²) in [5, 5.41) is 11.3. The van der Waals surface area contributed by atoms with Gasteiger partial charge in [0.1, 0.15) is 17.3 Å². The number of hydrogen-bond acceptors (Lipinski definition) is 5. The topological polar surface area (TPSA) is 76.1 Å². The third-order valence-corrected chi connectivity index (χ3v) is 6.28. The predicted octanol–water partition coefficient (Wildman–Crippen LogP) is 6.20. The highest BCUT2D eigenvalue weighted by molar-refractivity contribution is 6.51. The Kier molecular flexibility index (Phi) is 7.74. The van der Waals surface area contributed by atoms with Crippen molar-refractivity contribution in [3.63, 3.8) is 0 Å². The molecule has 0 aliphatic carbocycles. The molecule has 6 heteroatoms. The second-order valence-corrected chi connectivity index (χ2v) is 8.86. The van der Waals surface area contributed by atoms with Crippen LogP contribution in [0.25, 0.3) is 5.76 Å². The van der Waals surface area contributed by atoms with E-state index in [4.69, 9.17) is 9.47 Å². The van der Waals surface area contributed by atoms with Crippen LogP contribution in [0.2, 0.25) is 0 Å². The van der Waals surface area contributed by atoms with Gasteiger partial charge >= 0.3 is 0 Å². The van der Waals surface area contributed by atoms with Crippen molar-refractivity contribution in [2.45, 2.75) is 39.2 Å². The number of carbonyl (C=O) groups excluding carboxylic acids is 2. The zero-order chi connectivity index (χ0) is 25.7. The van der Waals surface area contributed by atoms with E-state index >= 15 is 0 Å². The van der Waals surface area contributed by atoms with E-state index in [9.17, 15) is 14.7 Å². The normalized spacial score (nSPS) is 16.9. The van der Waals surface area contributed by atoms with Gasteiger partial charge in [-0.05, 0) is 73.0 Å². The molecule has 4 rings (SSSR count). The van der Waals surface area contributed by atoms with Crippen LogP contribution >= 0.6 is 0 Å². The lowest BCUT2D eigenvalue weighted by molar-refractivity contribution is -0.132. The van der Waals surface area contributed by atoms with Crippen LogP contribution in [0.1, 0.15) is 48.9 Å². The number of benzene rings is 3. The number of anilines is 1. The van der Waals surface area contributed by atoms with Gasteiger partial charge in [0.2, 0.25) is 0 Å². The molecule has 0 saturated carbocycles. The Bertz CT molecular complexity index is 1280. The highest BCUT2D eigenvalue weighted by Crippen LogP contribution is 2.43. The summed E-state index contributed by atoms with van der Waals surface area (Å²) in [5.74, 6) is -0.375. The van der Waals surface area contributed by atoms with E-state index in [2.05, 4.69) is 6.92 Å². The average molecular weight is 486 g/mol. The lowest BCUT2D eigenvalue weighted by atomic mass is 9.95. The van der Waals surface area contributed by atoms with Gasteiger partial charge in [0.25, 0.3) is 11.7 Å². The number of amides is 1. The fraction of sp³-hybridized carbons (Fsp3) is 0.267. The number of aryl methyl sites for hydroxylation is 1. The van der Waals surface area contributed by atoms with Crippen molar-refractivity contribution in [2.75, 3.05) is 18.6 Å². The van der Waals surface area contributed by atoms with Crippen molar-refractivity contribution < 1.29 is 24.2 Å². The molecule has 1 amide bonds. The number of methoxy groups -OCH3 is 1. The first kappa shape index (κ1) is 25.0. The maximum absolute atomic E-state index is 13.3. The quantitative estimate of drug-likeness (QED) is 0.169. The highest BCUT2D eigenvalue weighted by Gasteiger charge is 2.47. The van der Waals surface area contributed by atoms with Crippen LogP contribution in [0.15, 0.2) is 78.4 Å². The Morgan fingerprint density at radius 2 is 1.69 bits per heavy atom. The minimum Gasteiger partial charge on any atom is -0.507 e. The summed E-state index contributed by atoms with van der Waals surface area (Å²) in [6.07, 6.45) is 3.19. The van der Waals surface area contributed by atoms with Crippen LogP contribution in [0.3, 0.4) is 0 Å². The molecule has 1 heterocycles. The summed E-state index contributed by atoms with van der Waals surface area (Å²) < 4.78 is 11.2. The number of unbranched alkanes of at least 4 members (excludes halogenated alkanes) is 2. The highest BCUT2D eigenvalue weighted by atomic mass is 16.5. The molecular formula is C30H31NO5. The molecule has 3 aromatic rings. The largest absolute Gasteiger partial charge is 0.507 e. The Balaban J connectivity index is 1.78. The third kappa shape index (κ3) is 5.13. The summed E-state index contributed by atoms with van der Waals surface area (Å²) in [5.41, 5.74) is 2.66. The molecule has 1 saturated heterocycles. The van der Waals surface area contributed by atoms with Crippen molar-refractivity contribution in [1.29, 1.82) is 0 Å². The molecule has 0 aromatic heterocycles. The number of Topliss-reactive ketones (excluding diaryl/α,β-unsaturated/α-hetero) is 1. The fourth-order valence-electron chi connectivity index (χ4n) is 4.41. The minimum absolute atomic E-state index is 0.0337. The van der Waals surface area contributed by atoms with Gasteiger partial charge in [-0.2, -0.15) is 0 Å². The zero-order valence-corrected chi connectivity index (χ0v) is 20.9. The molecular weight excluding hydrogens is 454 g/mol. The number of carbonyl (C=O) groups is 2. The molecule has 1 atom stereocenters. The van der Waals surface area contributed by atoms with Crippen LogP contribution in [-0.2, 0) is 9.59 Å². The maximum atomic E-state index is 13.3. The third-order valence-electron chi connectivity index (χ3n) is 6.28. The summed E-state index contributed by atoms with van der Waals surface area (Å²) in [4.78, 5) is 28.1. The molecule has 1 aliphatic heterocycles. The van der Waals surface area contributed by atoms with Crippen LogP contribution in [-0.4, -0.2) is 30.5 Å². The van der Waals surface area contributed by atoms with Crippen LogP contribution in [0.4, 0.5) is 5.69 Å². The van der Waals surface area contributed by atoms with Gasteiger partial charge in [-0.15, -0.1) is 0 Å². The van der Waals surface area contributed by atoms with E-state index in [0.717, 1.165) is 24.8 Å². The SMILES string of the molecule is CCCCCOc1ccc(/C(O)=C2\C(=O)C(=O)N(c3cccc(C)c3)C2c2cccc(OC)c2)cc1. The maximum Gasteiger partial charge on any atom is 0.300 e. The summed E-state index contributed by atoms with van der Waals surface area (Å²) in [6, 6.07) is 20.7. The first-order valence-electron chi connectivity index (χ1n) is 12.2. The Labute approximate surface area is 211 Å². The molecule has 1 unspecified atom stereocenters. The second kappa shape index (κ2) is 11.1. The number of rotatable bonds is 9. The van der Waals surface area contributed by atoms with Gasteiger partial charge in [-0.3, -0.25) is 14.5 Å². The molecule has 186 valence electrons. The summed E-state index contributed by atoms with van der Waals surface area (Å²) in [6.45, 7) is 4.68. The number of aliphatic hydroxyl groups is 1. The van der Waals surface area contributed by atoms with Gasteiger partial charge in [0.05, 0.1) is 25.3 Å². The molecule has 6 nitrogen and oxygen atoms in total. The Hall–Kier alpha value is -4.06. The number of aliphatic hydroxyl groups excluding tert-OH is 1. The summed E-state index contributed by atoms with van der Waals surface area (Å²) >= 11 is 0. The molecule has 0 bridgehead atoms. The molecule has 36 heavy (non-hydrogen) atoms. The molecule has 1 fully saturated rings. The van der Waals surface area contributed by atoms with Crippen molar-refractivity contribution >= 4 is 23.1 Å². The van der Waals surface area contributed by atoms with Crippen molar-refractivity contribution in [2.24, 2.45) is 0 Å². The van der Waals surface area contributed by atoms with Gasteiger partial charge in [0.15, 0.2) is 0 Å². The van der Waals surface area contributed by atoms with E-state index in [0.29, 0.717) is 34.9 Å². The number of ether oxygens (including phenoxy) is 2. The van der Waals surface area contributed by atoms with E-state index in [1.165, 1.54) is 4.90 Å². The Morgan fingerprint density at radius 3 is 2.39 bits per heavy atom. The Morgan fingerprint density at radius 1 is 0.944 bits per heavy atom. The van der Waals surface area contributed by atoms with Crippen LogP contribution in [0.5, 0.6) is 11.5 Å². The first-order chi connectivity index (χ1) is 17.4. The van der Waals surface area contributed by atoms with Crippen molar-refractivity contribution in [3.05, 3.63) is 95.1 Å². The molecule has 0 radical (unpaired) electrons. The van der Waals surface area contributed by atoms with E-state index < -0.39 is 17.7 Å². The van der Waals surface area contributed by atoms with E-state index in [1.54, 1.807) is 55.6 Å². The molecule has 1 aliphatic rings. The van der Waals surface area contributed by atoms with Crippen molar-refractivity contribution in [1.82, 2.24) is 0 Å². The standard InChI is InChI=1S/C30H31NO5/c1-4-5-6-17-36-24-15-13-21(14-16-24)28(32)26-27(22-10-8-12-25(19-22)35-3)31(30(34)29(26)33)23-11-7-9-20(2)18-23/h7-16,18-19,27,32H,4-6,17H2,1-3H3/b28-26+. The molecule has 1 N–H and O–H groups in total. The van der Waals surface area contributed by atoms with Gasteiger partial charge in [-0.25, -0.2) is 0 Å². The number of nitrogens with zero attached hydrogens (tertiary/aromatic N) is 1. The van der Waals surface area contributed by atoms with Gasteiger partial charge in [0, 0.05) is 11.3 Å². The van der Waals surface area contributed by atoms with Crippen molar-refractivity contribution in [3.8, 4) is 11.5 Å². The monoisotopic (exact) mass is 485 g/mol. The number of hydrogen-bond donors (Lipinski definition) is 1. The molecule has 0 spiro atoms. The van der Waals surface area contributed by atoms with Crippen LogP contribution in [0, 0.1) is 6.92 Å². The molecule has 3 aromatic carbocycles. The number of ketones is 1. The summed E-state index contributed by atoms with van der Waals surface area (Å²) in [7, 11) is 1.56. The first-order valence-corrected chi connectivity index (χ1v) is 12.2. The zero-order valence-electron chi connectivity index (χ0n) is 20.9. The van der Waals surface area contributed by atoms with E-state index in [1.807, 2.05) is 31.2 Å². The predicted molar refractivity (Wildman–Crippen MR) is 140 cm³/mol. The average Bonchev–Trinajstić information content (AvgIpc) is 3.17. The van der Waals surface area contributed by atoms with Gasteiger partial charge < -0.3 is 14.6 Å². The second-order valence-electron chi connectivity index (χ2n) is 8.86. The minimum atomic E-state index is -0.813. The van der Waals surface area contributed by atoms with Crippen LogP contribution < -0.4 is 14.4 Å². The van der Waals surface area contributed by atoms with E-state index in [-0.39, 0.29) is 11.3 Å².